The van der Waals surface area contributed by atoms with E-state index in [1.165, 1.54) is 0 Å². The lowest BCUT2D eigenvalue weighted by Crippen LogP contribution is -2.58. The Hall–Kier alpha value is 0.708. The first-order chi connectivity index (χ1) is 7.68. The molecule has 0 aromatic carbocycles. The summed E-state index contributed by atoms with van der Waals surface area (Å²) in [5.41, 5.74) is 0. The molecule has 0 aromatic rings. The van der Waals surface area contributed by atoms with E-state index in [4.69, 9.17) is 16.8 Å². The molecule has 0 spiro atoms. The highest BCUT2D eigenvalue weighted by Gasteiger charge is 2.46. The fraction of sp³-hybridized carbons (Fsp3) is 1.00. The molecule has 0 aliphatic carbocycles. The third kappa shape index (κ3) is 8.75. The van der Waals surface area contributed by atoms with Crippen LogP contribution in [0.25, 0.3) is 0 Å². The van der Waals surface area contributed by atoms with Crippen molar-refractivity contribution in [2.45, 2.75) is 58.9 Å². The molecule has 0 bridgehead atoms. The van der Waals surface area contributed by atoms with Crippen molar-refractivity contribution in [2.24, 2.45) is 0 Å². The molecule has 8 heteroatoms. The monoisotopic (exact) mass is 326 g/mol. The van der Waals surface area contributed by atoms with Crippen molar-refractivity contribution in [1.82, 2.24) is 0 Å². The van der Waals surface area contributed by atoms with Gasteiger partial charge in [-0.2, -0.15) is 0 Å². The molecule has 110 valence electrons. The van der Waals surface area contributed by atoms with Crippen LogP contribution in [-0.4, -0.2) is 41.1 Å². The van der Waals surface area contributed by atoms with Crippen LogP contribution < -0.4 is 0 Å². The van der Waals surface area contributed by atoms with E-state index in [1.807, 2.05) is 6.55 Å². The summed E-state index contributed by atoms with van der Waals surface area (Å²) in [6.45, 7) is 19.1. The predicted molar refractivity (Wildman–Crippen MR) is 86.1 cm³/mol. The van der Waals surface area contributed by atoms with Crippen LogP contribution >= 0.6 is 0 Å². The van der Waals surface area contributed by atoms with Crippen LogP contribution in [0.4, 0.5) is 0 Å². The van der Waals surface area contributed by atoms with Crippen molar-refractivity contribution in [3.63, 3.8) is 0 Å². The highest BCUT2D eigenvalue weighted by molar-refractivity contribution is 6.87. The van der Waals surface area contributed by atoms with Gasteiger partial charge in [0.05, 0.1) is 0 Å². The third-order valence-corrected chi connectivity index (χ3v) is 14.4. The summed E-state index contributed by atoms with van der Waals surface area (Å²) in [6.07, 6.45) is 0. The van der Waals surface area contributed by atoms with Crippen molar-refractivity contribution in [3.05, 3.63) is 0 Å². The lowest BCUT2D eigenvalue weighted by atomic mass is 11.8. The zero-order valence-corrected chi connectivity index (χ0v) is 17.6. The summed E-state index contributed by atoms with van der Waals surface area (Å²) in [4.78, 5) is 0. The molecule has 1 atom stereocenters. The van der Waals surface area contributed by atoms with E-state index in [2.05, 4.69) is 52.4 Å². The average molecular weight is 327 g/mol. The first-order valence-electron chi connectivity index (χ1n) is 6.34. The Morgan fingerprint density at radius 1 is 0.556 bits per heavy atom. The maximum atomic E-state index is 6.21. The molecule has 0 saturated heterocycles. The Balaban J connectivity index is 4.80. The lowest BCUT2D eigenvalue weighted by Gasteiger charge is -2.39. The Morgan fingerprint density at radius 2 is 0.944 bits per heavy atom. The highest BCUT2D eigenvalue weighted by atomic mass is 28.5. The Kier molecular flexibility index (Phi) is 6.23. The van der Waals surface area contributed by atoms with Crippen LogP contribution in [0.2, 0.25) is 58.9 Å². The number of hydrogen-bond acceptors (Lipinski definition) is 4. The van der Waals surface area contributed by atoms with Crippen LogP contribution in [0, 0.1) is 0 Å². The second-order valence-corrected chi connectivity index (χ2v) is 22.8. The second-order valence-electron chi connectivity index (χ2n) is 7.00. The molecule has 0 aliphatic rings. The van der Waals surface area contributed by atoms with Gasteiger partial charge in [-0.3, -0.25) is 0 Å². The topological polar surface area (TPSA) is 36.9 Å². The lowest BCUT2D eigenvalue weighted by molar-refractivity contribution is 0.191. The van der Waals surface area contributed by atoms with E-state index in [0.29, 0.717) is 0 Å². The highest BCUT2D eigenvalue weighted by Crippen LogP contribution is 2.24. The van der Waals surface area contributed by atoms with Gasteiger partial charge in [-0.1, -0.05) is 0 Å². The van der Waals surface area contributed by atoms with E-state index in [1.54, 1.807) is 7.11 Å². The van der Waals surface area contributed by atoms with Gasteiger partial charge in [-0.05, 0) is 52.4 Å². The van der Waals surface area contributed by atoms with Crippen molar-refractivity contribution < 1.29 is 16.8 Å². The summed E-state index contributed by atoms with van der Waals surface area (Å²) in [5, 5.41) is 0. The molecule has 0 aliphatic heterocycles. The molecule has 0 fully saturated rings. The van der Waals surface area contributed by atoms with Gasteiger partial charge >= 0.3 is 17.4 Å². The van der Waals surface area contributed by atoms with Gasteiger partial charge in [-0.15, -0.1) is 0 Å². The van der Waals surface area contributed by atoms with Crippen molar-refractivity contribution in [1.29, 1.82) is 0 Å². The minimum atomic E-state index is -2.57. The quantitative estimate of drug-likeness (QED) is 0.670. The molecule has 0 saturated carbocycles. The van der Waals surface area contributed by atoms with Crippen LogP contribution in [0.15, 0.2) is 0 Å². The van der Waals surface area contributed by atoms with Crippen molar-refractivity contribution >= 4 is 34.0 Å². The Morgan fingerprint density at radius 3 is 1.22 bits per heavy atom. The summed E-state index contributed by atoms with van der Waals surface area (Å²) in [5.74, 6) is 0. The Bertz CT molecular complexity index is 272. The molecule has 18 heavy (non-hydrogen) atoms. The van der Waals surface area contributed by atoms with Crippen molar-refractivity contribution in [2.75, 3.05) is 7.11 Å². The SMILES string of the molecule is CO[Si](C)(O[Si](C)(C)C)O[Si](C)(C)O[Si](C)(C)C. The van der Waals surface area contributed by atoms with Gasteiger partial charge in [0.1, 0.15) is 0 Å². The fourth-order valence-electron chi connectivity index (χ4n) is 1.87. The molecule has 0 heterocycles. The molecule has 0 N–H and O–H groups in total. The fourth-order valence-corrected chi connectivity index (χ4v) is 17.5. The summed E-state index contributed by atoms with van der Waals surface area (Å²) >= 11 is 0. The second kappa shape index (κ2) is 6.00. The summed E-state index contributed by atoms with van der Waals surface area (Å²) in [7, 11) is -6.39. The largest absolute Gasteiger partial charge is 0.478 e. The average Bonchev–Trinajstić information content (AvgIpc) is 1.93. The van der Waals surface area contributed by atoms with Crippen LogP contribution in [0.1, 0.15) is 0 Å². The molecule has 0 radical (unpaired) electrons. The van der Waals surface area contributed by atoms with Gasteiger partial charge in [-0.25, -0.2) is 0 Å². The molecule has 0 amide bonds. The molecular weight excluding hydrogens is 296 g/mol. The van der Waals surface area contributed by atoms with E-state index < -0.39 is 34.0 Å². The van der Waals surface area contributed by atoms with Gasteiger partial charge < -0.3 is 16.8 Å². The minimum absolute atomic E-state index is 1.60. The van der Waals surface area contributed by atoms with E-state index >= 15 is 0 Å². The van der Waals surface area contributed by atoms with Gasteiger partial charge in [0, 0.05) is 13.7 Å². The van der Waals surface area contributed by atoms with Crippen LogP contribution in [-0.2, 0) is 16.8 Å². The van der Waals surface area contributed by atoms with Gasteiger partial charge in [0.25, 0.3) is 0 Å². The Labute approximate surface area is 117 Å². The van der Waals surface area contributed by atoms with Gasteiger partial charge in [0.2, 0.25) is 0 Å². The maximum Gasteiger partial charge on any atom is 0.478 e. The van der Waals surface area contributed by atoms with Crippen molar-refractivity contribution in [3.8, 4) is 0 Å². The normalized spacial score (nSPS) is 17.7. The standard InChI is InChI=1S/C10H30O4Si4/c1-11-18(10,13-16(5,6)7)14-17(8,9)12-15(2,3)4/h1-10H3. The molecule has 1 unspecified atom stereocenters. The van der Waals surface area contributed by atoms with E-state index in [0.717, 1.165) is 0 Å². The predicted octanol–water partition coefficient (Wildman–Crippen LogP) is 3.62. The smallest absolute Gasteiger partial charge is 0.437 e. The maximum absolute atomic E-state index is 6.21. The summed E-state index contributed by atoms with van der Waals surface area (Å²) in [6, 6.07) is 0. The third-order valence-electron chi connectivity index (χ3n) is 1.85. The number of rotatable bonds is 7. The molecular formula is C10H30O4Si4. The van der Waals surface area contributed by atoms with E-state index in [-0.39, 0.29) is 0 Å². The summed E-state index contributed by atoms with van der Waals surface area (Å²) < 4.78 is 24.1. The molecule has 4 nitrogen and oxygen atoms in total. The molecule has 0 aromatic heterocycles. The van der Waals surface area contributed by atoms with Gasteiger partial charge in [0.15, 0.2) is 16.6 Å². The van der Waals surface area contributed by atoms with Crippen LogP contribution in [0.5, 0.6) is 0 Å². The van der Waals surface area contributed by atoms with E-state index in [9.17, 15) is 0 Å². The minimum Gasteiger partial charge on any atom is -0.437 e. The first-order valence-corrected chi connectivity index (χ1v) is 18.2. The zero-order chi connectivity index (χ0) is 14.8. The van der Waals surface area contributed by atoms with Crippen LogP contribution in [0.3, 0.4) is 0 Å². The first kappa shape index (κ1) is 18.7. The number of hydrogen-bond donors (Lipinski definition) is 0. The zero-order valence-electron chi connectivity index (χ0n) is 13.6. The molecule has 0 rings (SSSR count).